The Morgan fingerprint density at radius 2 is 1.81 bits per heavy atom. The molecular formula is C23H28N4O5. The Labute approximate surface area is 186 Å². The number of ketones is 1. The summed E-state index contributed by atoms with van der Waals surface area (Å²) in [4.78, 5) is 41.2. The van der Waals surface area contributed by atoms with Gasteiger partial charge >= 0.3 is 5.97 Å². The zero-order valence-corrected chi connectivity index (χ0v) is 19.2. The average Bonchev–Trinajstić information content (AvgIpc) is 3.16. The van der Waals surface area contributed by atoms with Crippen molar-refractivity contribution in [2.24, 2.45) is 7.05 Å². The lowest BCUT2D eigenvalue weighted by molar-refractivity contribution is -0.140. The van der Waals surface area contributed by atoms with Crippen LogP contribution < -0.4 is 0 Å². The summed E-state index contributed by atoms with van der Waals surface area (Å²) in [5, 5.41) is 15.6. The molecule has 1 amide bonds. The highest BCUT2D eigenvalue weighted by Gasteiger charge is 2.46. The van der Waals surface area contributed by atoms with Gasteiger partial charge in [0, 0.05) is 25.8 Å². The number of benzene rings is 1. The van der Waals surface area contributed by atoms with E-state index in [2.05, 4.69) is 5.10 Å². The van der Waals surface area contributed by atoms with Crippen LogP contribution in [0.25, 0.3) is 5.76 Å². The monoisotopic (exact) mass is 440 g/mol. The Morgan fingerprint density at radius 1 is 1.19 bits per heavy atom. The smallest absolute Gasteiger partial charge is 0.337 e. The van der Waals surface area contributed by atoms with Crippen LogP contribution in [0, 0.1) is 13.8 Å². The second-order valence-electron chi connectivity index (χ2n) is 8.08. The lowest BCUT2D eigenvalue weighted by atomic mass is 9.94. The van der Waals surface area contributed by atoms with Crippen molar-refractivity contribution in [3.8, 4) is 0 Å². The molecular weight excluding hydrogens is 412 g/mol. The molecule has 0 bridgehead atoms. The zero-order chi connectivity index (χ0) is 23.7. The van der Waals surface area contributed by atoms with Gasteiger partial charge in [-0.1, -0.05) is 12.1 Å². The number of carbonyl (C=O) groups is 3. The normalized spacial score (nSPS) is 18.0. The summed E-state index contributed by atoms with van der Waals surface area (Å²) in [6.07, 6.45) is 0. The van der Waals surface area contributed by atoms with E-state index in [1.807, 2.05) is 19.0 Å². The first kappa shape index (κ1) is 23.2. The van der Waals surface area contributed by atoms with Gasteiger partial charge in [-0.25, -0.2) is 4.79 Å². The summed E-state index contributed by atoms with van der Waals surface area (Å²) in [5.41, 5.74) is 2.64. The minimum atomic E-state index is -0.791. The number of hydrogen-bond donors (Lipinski definition) is 1. The Balaban J connectivity index is 2.18. The maximum atomic E-state index is 13.1. The summed E-state index contributed by atoms with van der Waals surface area (Å²) in [7, 11) is 6.79. The quantitative estimate of drug-likeness (QED) is 0.316. The number of likely N-dealkylation sites (N-methyl/N-ethyl adjacent to an activating group) is 1. The molecule has 0 saturated carbocycles. The van der Waals surface area contributed by atoms with Gasteiger partial charge in [-0.2, -0.15) is 5.10 Å². The van der Waals surface area contributed by atoms with Gasteiger partial charge in [0.05, 0.1) is 35.5 Å². The van der Waals surface area contributed by atoms with Crippen molar-refractivity contribution >= 4 is 23.4 Å². The molecule has 1 atom stereocenters. The largest absolute Gasteiger partial charge is 0.507 e. The molecule has 1 aromatic carbocycles. The number of carbonyl (C=O) groups excluding carboxylic acids is 3. The van der Waals surface area contributed by atoms with Crippen LogP contribution >= 0.6 is 0 Å². The van der Waals surface area contributed by atoms with Crippen molar-refractivity contribution in [2.75, 3.05) is 34.3 Å². The zero-order valence-electron chi connectivity index (χ0n) is 19.2. The number of Topliss-reactive ketones (excluding diaryl/α,β-unsaturated/α-hetero) is 1. The second kappa shape index (κ2) is 8.96. The van der Waals surface area contributed by atoms with E-state index in [1.165, 1.54) is 12.0 Å². The molecule has 0 aliphatic carbocycles. The van der Waals surface area contributed by atoms with Crippen molar-refractivity contribution in [3.63, 3.8) is 0 Å². The predicted octanol–water partition coefficient (Wildman–Crippen LogP) is 1.81. The number of methoxy groups -OCH3 is 1. The standard InChI is InChI=1S/C23H28N4O5/c1-13-17(14(2)26(5)24-13)20(28)18-19(15-7-9-16(10-8-15)23(31)32-6)27(12-11-25(3)4)22(30)21(18)29/h7-10,19,28H,11-12H2,1-6H3. The van der Waals surface area contributed by atoms with E-state index in [1.54, 1.807) is 49.8 Å². The number of amides is 1. The molecule has 9 nitrogen and oxygen atoms in total. The Morgan fingerprint density at radius 3 is 2.31 bits per heavy atom. The number of rotatable bonds is 6. The van der Waals surface area contributed by atoms with Gasteiger partial charge in [0.15, 0.2) is 0 Å². The predicted molar refractivity (Wildman–Crippen MR) is 118 cm³/mol. The van der Waals surface area contributed by atoms with Crippen LogP contribution in [0.4, 0.5) is 0 Å². The molecule has 2 aromatic rings. The molecule has 1 fully saturated rings. The molecule has 2 heterocycles. The number of aliphatic hydroxyl groups is 1. The Hall–Kier alpha value is -3.46. The van der Waals surface area contributed by atoms with Crippen molar-refractivity contribution < 1.29 is 24.2 Å². The fourth-order valence-corrected chi connectivity index (χ4v) is 3.94. The highest BCUT2D eigenvalue weighted by atomic mass is 16.5. The van der Waals surface area contributed by atoms with E-state index in [-0.39, 0.29) is 11.3 Å². The third-order valence-corrected chi connectivity index (χ3v) is 5.72. The van der Waals surface area contributed by atoms with Gasteiger partial charge in [-0.05, 0) is 45.6 Å². The van der Waals surface area contributed by atoms with Gasteiger partial charge in [0.1, 0.15) is 5.76 Å². The molecule has 3 rings (SSSR count). The van der Waals surface area contributed by atoms with Crippen LogP contribution in [-0.4, -0.2) is 76.6 Å². The average molecular weight is 441 g/mol. The first-order chi connectivity index (χ1) is 15.1. The molecule has 0 spiro atoms. The van der Waals surface area contributed by atoms with Gasteiger partial charge in [0.25, 0.3) is 11.7 Å². The van der Waals surface area contributed by atoms with E-state index in [0.717, 1.165) is 0 Å². The number of ether oxygens (including phenoxy) is 1. The summed E-state index contributed by atoms with van der Waals surface area (Å²) < 4.78 is 6.36. The minimum absolute atomic E-state index is 0.0128. The van der Waals surface area contributed by atoms with E-state index >= 15 is 0 Å². The lowest BCUT2D eigenvalue weighted by Crippen LogP contribution is -2.35. The number of hydrogen-bond acceptors (Lipinski definition) is 7. The minimum Gasteiger partial charge on any atom is -0.507 e. The summed E-state index contributed by atoms with van der Waals surface area (Å²) in [6, 6.07) is 5.70. The van der Waals surface area contributed by atoms with Crippen LogP contribution in [0.2, 0.25) is 0 Å². The fourth-order valence-electron chi connectivity index (χ4n) is 3.94. The third-order valence-electron chi connectivity index (χ3n) is 5.72. The molecule has 1 aromatic heterocycles. The molecule has 32 heavy (non-hydrogen) atoms. The van der Waals surface area contributed by atoms with Crippen LogP contribution in [-0.2, 0) is 21.4 Å². The molecule has 1 N–H and O–H groups in total. The number of esters is 1. The number of aromatic nitrogens is 2. The summed E-state index contributed by atoms with van der Waals surface area (Å²) in [6.45, 7) is 4.36. The van der Waals surface area contributed by atoms with Gasteiger partial charge < -0.3 is 19.6 Å². The van der Waals surface area contributed by atoms with Crippen molar-refractivity contribution in [2.45, 2.75) is 19.9 Å². The fraction of sp³-hybridized carbons (Fsp3) is 0.391. The van der Waals surface area contributed by atoms with Gasteiger partial charge in [-0.3, -0.25) is 14.3 Å². The SMILES string of the molecule is COC(=O)c1ccc(C2C(=C(O)c3c(C)nn(C)c3C)C(=O)C(=O)N2CCN(C)C)cc1. The number of nitrogens with zero attached hydrogens (tertiary/aromatic N) is 4. The highest BCUT2D eigenvalue weighted by molar-refractivity contribution is 6.46. The van der Waals surface area contributed by atoms with Crippen LogP contribution in [0.3, 0.4) is 0 Å². The summed E-state index contributed by atoms with van der Waals surface area (Å²) >= 11 is 0. The molecule has 1 aliphatic heterocycles. The molecule has 1 aliphatic rings. The number of likely N-dealkylation sites (tertiary alicyclic amines) is 1. The number of aliphatic hydroxyl groups excluding tert-OH is 1. The Kier molecular flexibility index (Phi) is 6.50. The molecule has 9 heteroatoms. The highest BCUT2D eigenvalue weighted by Crippen LogP contribution is 2.40. The van der Waals surface area contributed by atoms with Crippen LogP contribution in [0.1, 0.15) is 38.9 Å². The molecule has 170 valence electrons. The maximum Gasteiger partial charge on any atom is 0.337 e. The van der Waals surface area contributed by atoms with Gasteiger partial charge in [0.2, 0.25) is 0 Å². The molecule has 1 saturated heterocycles. The van der Waals surface area contributed by atoms with Crippen molar-refractivity contribution in [1.82, 2.24) is 19.6 Å². The van der Waals surface area contributed by atoms with E-state index < -0.39 is 23.7 Å². The topological polar surface area (TPSA) is 105 Å². The third kappa shape index (κ3) is 4.03. The maximum absolute atomic E-state index is 13.1. The van der Waals surface area contributed by atoms with Gasteiger partial charge in [-0.15, -0.1) is 0 Å². The van der Waals surface area contributed by atoms with E-state index in [9.17, 15) is 19.5 Å². The van der Waals surface area contributed by atoms with Crippen molar-refractivity contribution in [1.29, 1.82) is 0 Å². The van der Waals surface area contributed by atoms with E-state index in [4.69, 9.17) is 4.74 Å². The second-order valence-corrected chi connectivity index (χ2v) is 8.08. The van der Waals surface area contributed by atoms with E-state index in [0.29, 0.717) is 41.2 Å². The Bertz CT molecular complexity index is 1100. The van der Waals surface area contributed by atoms with Crippen molar-refractivity contribution in [3.05, 3.63) is 57.9 Å². The first-order valence-electron chi connectivity index (χ1n) is 10.2. The molecule has 1 unspecified atom stereocenters. The molecule has 0 radical (unpaired) electrons. The lowest BCUT2D eigenvalue weighted by Gasteiger charge is -2.26. The van der Waals surface area contributed by atoms with Crippen LogP contribution in [0.5, 0.6) is 0 Å². The summed E-state index contributed by atoms with van der Waals surface area (Å²) in [5.74, 6) is -2.15. The van der Waals surface area contributed by atoms with Crippen LogP contribution in [0.15, 0.2) is 29.8 Å². The first-order valence-corrected chi connectivity index (χ1v) is 10.2. The number of aryl methyl sites for hydroxylation is 2.